The molecule has 1 aliphatic carbocycles. The largest absolute Gasteiger partial charge is 0.492 e. The van der Waals surface area contributed by atoms with Crippen LogP contribution in [0.5, 0.6) is 5.75 Å². The Bertz CT molecular complexity index is 423. The summed E-state index contributed by atoms with van der Waals surface area (Å²) in [4.78, 5) is 2.41. The van der Waals surface area contributed by atoms with Crippen molar-refractivity contribution in [2.24, 2.45) is 11.8 Å². The number of nitrogens with zero attached hydrogens (tertiary/aromatic N) is 1. The Hall–Kier alpha value is -0.770. The third-order valence-corrected chi connectivity index (χ3v) is 4.64. The molecule has 1 aromatic carbocycles. The lowest BCUT2D eigenvalue weighted by molar-refractivity contribution is 0.122. The smallest absolute Gasteiger partial charge is 0.119 e. The Morgan fingerprint density at radius 1 is 1.21 bits per heavy atom. The monoisotopic (exact) mass is 281 g/mol. The Morgan fingerprint density at radius 3 is 2.74 bits per heavy atom. The molecule has 3 atom stereocenters. The first kappa shape index (κ1) is 13.2. The summed E-state index contributed by atoms with van der Waals surface area (Å²) in [5, 5.41) is 10.6. The molecule has 0 aromatic heterocycles. The summed E-state index contributed by atoms with van der Waals surface area (Å²) >= 11 is 5.83. The van der Waals surface area contributed by atoms with Crippen LogP contribution in [0.3, 0.4) is 0 Å². The fourth-order valence-corrected chi connectivity index (χ4v) is 3.46. The normalized spacial score (nSPS) is 30.5. The molecule has 0 spiro atoms. The summed E-state index contributed by atoms with van der Waals surface area (Å²) in [7, 11) is 0. The fourth-order valence-electron chi connectivity index (χ4n) is 3.33. The SMILES string of the molecule is OC1CCC2CN(CCOc3ccc(Cl)cc3)CC12. The van der Waals surface area contributed by atoms with E-state index in [-0.39, 0.29) is 6.10 Å². The maximum atomic E-state index is 9.88. The van der Waals surface area contributed by atoms with Gasteiger partial charge in [-0.3, -0.25) is 4.90 Å². The van der Waals surface area contributed by atoms with Crippen molar-refractivity contribution in [1.29, 1.82) is 0 Å². The highest BCUT2D eigenvalue weighted by Gasteiger charge is 2.41. The fraction of sp³-hybridized carbons (Fsp3) is 0.600. The van der Waals surface area contributed by atoms with Gasteiger partial charge in [0.05, 0.1) is 6.10 Å². The molecule has 1 aromatic rings. The number of rotatable bonds is 4. The third kappa shape index (κ3) is 3.04. The van der Waals surface area contributed by atoms with Crippen molar-refractivity contribution < 1.29 is 9.84 Å². The topological polar surface area (TPSA) is 32.7 Å². The summed E-state index contributed by atoms with van der Waals surface area (Å²) in [6.07, 6.45) is 2.09. The molecule has 1 saturated heterocycles. The Balaban J connectivity index is 1.43. The molecule has 19 heavy (non-hydrogen) atoms. The number of ether oxygens (including phenoxy) is 1. The average Bonchev–Trinajstić information content (AvgIpc) is 2.95. The van der Waals surface area contributed by atoms with E-state index < -0.39 is 0 Å². The lowest BCUT2D eigenvalue weighted by atomic mass is 10.00. The molecule has 0 bridgehead atoms. The number of hydrogen-bond donors (Lipinski definition) is 1. The summed E-state index contributed by atoms with van der Waals surface area (Å²) in [5.41, 5.74) is 0. The van der Waals surface area contributed by atoms with Gasteiger partial charge in [0.2, 0.25) is 0 Å². The Labute approximate surface area is 119 Å². The molecule has 0 amide bonds. The van der Waals surface area contributed by atoms with Gasteiger partial charge in [0, 0.05) is 30.6 Å². The molecule has 1 heterocycles. The molecule has 0 radical (unpaired) electrons. The van der Waals surface area contributed by atoms with Crippen molar-refractivity contribution >= 4 is 11.6 Å². The molecular formula is C15H20ClNO2. The molecule has 3 rings (SSSR count). The van der Waals surface area contributed by atoms with E-state index in [0.29, 0.717) is 18.4 Å². The zero-order chi connectivity index (χ0) is 13.2. The number of aliphatic hydroxyl groups excluding tert-OH is 1. The molecule has 2 fully saturated rings. The van der Waals surface area contributed by atoms with Crippen LogP contribution in [-0.2, 0) is 0 Å². The lowest BCUT2D eigenvalue weighted by Crippen LogP contribution is -2.28. The molecule has 3 nitrogen and oxygen atoms in total. The summed E-state index contributed by atoms with van der Waals surface area (Å²) < 4.78 is 5.71. The predicted molar refractivity (Wildman–Crippen MR) is 75.6 cm³/mol. The second-order valence-electron chi connectivity index (χ2n) is 5.63. The number of hydrogen-bond acceptors (Lipinski definition) is 3. The quantitative estimate of drug-likeness (QED) is 0.920. The highest BCUT2D eigenvalue weighted by Crippen LogP contribution is 2.37. The molecular weight excluding hydrogens is 262 g/mol. The van der Waals surface area contributed by atoms with Crippen molar-refractivity contribution in [3.63, 3.8) is 0 Å². The molecule has 104 valence electrons. The predicted octanol–water partition coefficient (Wildman–Crippen LogP) is 2.42. The van der Waals surface area contributed by atoms with Crippen LogP contribution >= 0.6 is 11.6 Å². The van der Waals surface area contributed by atoms with E-state index >= 15 is 0 Å². The third-order valence-electron chi connectivity index (χ3n) is 4.38. The summed E-state index contributed by atoms with van der Waals surface area (Å²) in [5.74, 6) is 2.06. The summed E-state index contributed by atoms with van der Waals surface area (Å²) in [6.45, 7) is 3.76. The molecule has 1 aliphatic heterocycles. The van der Waals surface area contributed by atoms with Crippen LogP contribution in [0.25, 0.3) is 0 Å². The van der Waals surface area contributed by atoms with Crippen LogP contribution in [0, 0.1) is 11.8 Å². The first-order valence-corrected chi connectivity index (χ1v) is 7.39. The number of likely N-dealkylation sites (tertiary alicyclic amines) is 1. The average molecular weight is 282 g/mol. The molecule has 2 aliphatic rings. The molecule has 4 heteroatoms. The van der Waals surface area contributed by atoms with E-state index in [1.165, 1.54) is 6.42 Å². The van der Waals surface area contributed by atoms with Gasteiger partial charge in [-0.15, -0.1) is 0 Å². The van der Waals surface area contributed by atoms with Gasteiger partial charge in [0.25, 0.3) is 0 Å². The van der Waals surface area contributed by atoms with Gasteiger partial charge < -0.3 is 9.84 Å². The highest BCUT2D eigenvalue weighted by molar-refractivity contribution is 6.30. The first-order valence-electron chi connectivity index (χ1n) is 7.01. The van der Waals surface area contributed by atoms with Gasteiger partial charge in [0.1, 0.15) is 12.4 Å². The first-order chi connectivity index (χ1) is 9.22. The number of benzene rings is 1. The van der Waals surface area contributed by atoms with E-state index in [1.54, 1.807) is 0 Å². The zero-order valence-corrected chi connectivity index (χ0v) is 11.7. The van der Waals surface area contributed by atoms with E-state index in [1.807, 2.05) is 24.3 Å². The second-order valence-corrected chi connectivity index (χ2v) is 6.07. The molecule has 1 saturated carbocycles. The minimum Gasteiger partial charge on any atom is -0.492 e. The number of fused-ring (bicyclic) bond motifs is 1. The van der Waals surface area contributed by atoms with E-state index in [4.69, 9.17) is 16.3 Å². The van der Waals surface area contributed by atoms with Gasteiger partial charge >= 0.3 is 0 Å². The van der Waals surface area contributed by atoms with Gasteiger partial charge in [-0.05, 0) is 43.0 Å². The van der Waals surface area contributed by atoms with Crippen LogP contribution in [0.2, 0.25) is 5.02 Å². The van der Waals surface area contributed by atoms with Crippen LogP contribution in [-0.4, -0.2) is 42.4 Å². The van der Waals surface area contributed by atoms with Crippen LogP contribution in [0.15, 0.2) is 24.3 Å². The van der Waals surface area contributed by atoms with Crippen molar-refractivity contribution in [2.45, 2.75) is 18.9 Å². The summed E-state index contributed by atoms with van der Waals surface area (Å²) in [6, 6.07) is 7.47. The standard InChI is InChI=1S/C15H20ClNO2/c16-12-2-4-13(5-3-12)19-8-7-17-9-11-1-6-15(18)14(11)10-17/h2-5,11,14-15,18H,1,6-10H2. The zero-order valence-electron chi connectivity index (χ0n) is 11.0. The highest BCUT2D eigenvalue weighted by atomic mass is 35.5. The number of halogens is 1. The van der Waals surface area contributed by atoms with E-state index in [2.05, 4.69) is 4.90 Å². The van der Waals surface area contributed by atoms with Crippen LogP contribution < -0.4 is 4.74 Å². The molecule has 1 N–H and O–H groups in total. The van der Waals surface area contributed by atoms with Gasteiger partial charge in [-0.2, -0.15) is 0 Å². The van der Waals surface area contributed by atoms with Crippen molar-refractivity contribution in [1.82, 2.24) is 4.90 Å². The number of aliphatic hydroxyl groups is 1. The van der Waals surface area contributed by atoms with Crippen molar-refractivity contribution in [3.05, 3.63) is 29.3 Å². The Kier molecular flexibility index (Phi) is 3.96. The van der Waals surface area contributed by atoms with Crippen LogP contribution in [0.4, 0.5) is 0 Å². The minimum atomic E-state index is -0.0767. The van der Waals surface area contributed by atoms with Gasteiger partial charge in [-0.25, -0.2) is 0 Å². The van der Waals surface area contributed by atoms with Gasteiger partial charge in [0.15, 0.2) is 0 Å². The maximum absolute atomic E-state index is 9.88. The Morgan fingerprint density at radius 2 is 2.00 bits per heavy atom. The van der Waals surface area contributed by atoms with E-state index in [9.17, 15) is 5.11 Å². The maximum Gasteiger partial charge on any atom is 0.119 e. The van der Waals surface area contributed by atoms with Crippen molar-refractivity contribution in [2.75, 3.05) is 26.2 Å². The second kappa shape index (κ2) is 5.70. The van der Waals surface area contributed by atoms with Crippen LogP contribution in [0.1, 0.15) is 12.8 Å². The van der Waals surface area contributed by atoms with Gasteiger partial charge in [-0.1, -0.05) is 11.6 Å². The lowest BCUT2D eigenvalue weighted by Gasteiger charge is -2.18. The van der Waals surface area contributed by atoms with E-state index in [0.717, 1.165) is 36.8 Å². The molecule has 3 unspecified atom stereocenters. The van der Waals surface area contributed by atoms with Crippen molar-refractivity contribution in [3.8, 4) is 5.75 Å². The minimum absolute atomic E-state index is 0.0767.